The molecule has 2 aromatic carbocycles. The summed E-state index contributed by atoms with van der Waals surface area (Å²) in [5.41, 5.74) is 10.0. The Morgan fingerprint density at radius 1 is 1.10 bits per heavy atom. The molecule has 0 spiro atoms. The first-order valence-electron chi connectivity index (χ1n) is 6.97. The van der Waals surface area contributed by atoms with E-state index >= 15 is 0 Å². The third kappa shape index (κ3) is 2.69. The van der Waals surface area contributed by atoms with Crippen LogP contribution in [-0.4, -0.2) is 7.11 Å². The van der Waals surface area contributed by atoms with E-state index in [9.17, 15) is 0 Å². The quantitative estimate of drug-likeness (QED) is 0.928. The van der Waals surface area contributed by atoms with E-state index < -0.39 is 0 Å². The third-order valence-electron chi connectivity index (χ3n) is 3.79. The zero-order valence-corrected chi connectivity index (χ0v) is 12.5. The van der Waals surface area contributed by atoms with Crippen LogP contribution in [0.1, 0.15) is 23.1 Å². The van der Waals surface area contributed by atoms with Crippen molar-refractivity contribution in [2.75, 3.05) is 7.11 Å². The van der Waals surface area contributed by atoms with E-state index in [1.165, 1.54) is 40.2 Å². The fourth-order valence-electron chi connectivity index (χ4n) is 2.66. The summed E-state index contributed by atoms with van der Waals surface area (Å²) in [7, 11) is 1.70. The molecule has 3 heteroatoms. The summed E-state index contributed by atoms with van der Waals surface area (Å²) in [5.74, 6) is 0.880. The van der Waals surface area contributed by atoms with E-state index in [1.54, 1.807) is 18.9 Å². The molecule has 0 saturated carbocycles. The van der Waals surface area contributed by atoms with Crippen LogP contribution in [0.3, 0.4) is 0 Å². The van der Waals surface area contributed by atoms with Crippen molar-refractivity contribution in [2.24, 2.45) is 5.73 Å². The number of benzene rings is 2. The molecule has 2 nitrogen and oxygen atoms in total. The summed E-state index contributed by atoms with van der Waals surface area (Å²) in [6, 6.07) is 12.9. The van der Waals surface area contributed by atoms with Crippen LogP contribution in [0.15, 0.2) is 46.2 Å². The molecule has 2 N–H and O–H groups in total. The van der Waals surface area contributed by atoms with Crippen molar-refractivity contribution in [3.05, 3.63) is 53.1 Å². The van der Waals surface area contributed by atoms with Gasteiger partial charge in [0.25, 0.3) is 0 Å². The number of nitrogens with two attached hydrogens (primary N) is 1. The highest BCUT2D eigenvalue weighted by Crippen LogP contribution is 2.35. The average molecular weight is 285 g/mol. The molecule has 0 amide bonds. The van der Waals surface area contributed by atoms with Crippen LogP contribution in [0.25, 0.3) is 0 Å². The van der Waals surface area contributed by atoms with Gasteiger partial charge in [0, 0.05) is 16.3 Å². The summed E-state index contributed by atoms with van der Waals surface area (Å²) in [4.78, 5) is 2.47. The first-order chi connectivity index (χ1) is 9.80. The van der Waals surface area contributed by atoms with Crippen molar-refractivity contribution in [3.63, 3.8) is 0 Å². The standard InChI is InChI=1S/C17H19NOS/c1-19-15-7-5-14(11-18)17(10-15)20-16-8-6-12-3-2-4-13(12)9-16/h5-10H,2-4,11,18H2,1H3. The van der Waals surface area contributed by atoms with Gasteiger partial charge in [0.05, 0.1) is 7.11 Å². The summed E-state index contributed by atoms with van der Waals surface area (Å²) in [5, 5.41) is 0. The highest BCUT2D eigenvalue weighted by atomic mass is 32.2. The SMILES string of the molecule is COc1ccc(CN)c(Sc2ccc3c(c2)CCC3)c1. The summed E-state index contributed by atoms with van der Waals surface area (Å²) in [6.45, 7) is 0.553. The largest absolute Gasteiger partial charge is 0.497 e. The number of aryl methyl sites for hydroxylation is 2. The minimum absolute atomic E-state index is 0.553. The van der Waals surface area contributed by atoms with Gasteiger partial charge in [0.15, 0.2) is 0 Å². The monoisotopic (exact) mass is 285 g/mol. The zero-order chi connectivity index (χ0) is 13.9. The Kier molecular flexibility index (Phi) is 3.99. The highest BCUT2D eigenvalue weighted by molar-refractivity contribution is 7.99. The van der Waals surface area contributed by atoms with Crippen LogP contribution >= 0.6 is 11.8 Å². The maximum absolute atomic E-state index is 5.83. The number of methoxy groups -OCH3 is 1. The normalized spacial score (nSPS) is 13.3. The lowest BCUT2D eigenvalue weighted by Gasteiger charge is -2.10. The number of hydrogen-bond donors (Lipinski definition) is 1. The topological polar surface area (TPSA) is 35.2 Å². The maximum atomic E-state index is 5.83. The molecule has 0 saturated heterocycles. The average Bonchev–Trinajstić information content (AvgIpc) is 2.94. The fraction of sp³-hybridized carbons (Fsp3) is 0.294. The summed E-state index contributed by atoms with van der Waals surface area (Å²) < 4.78 is 5.31. The van der Waals surface area contributed by atoms with Gasteiger partial charge in [-0.2, -0.15) is 0 Å². The van der Waals surface area contributed by atoms with Gasteiger partial charge in [0.2, 0.25) is 0 Å². The smallest absolute Gasteiger partial charge is 0.120 e. The lowest BCUT2D eigenvalue weighted by molar-refractivity contribution is 0.413. The maximum Gasteiger partial charge on any atom is 0.120 e. The van der Waals surface area contributed by atoms with Crippen LogP contribution in [0.5, 0.6) is 5.75 Å². The van der Waals surface area contributed by atoms with Crippen LogP contribution in [-0.2, 0) is 19.4 Å². The van der Waals surface area contributed by atoms with Crippen molar-refractivity contribution in [1.82, 2.24) is 0 Å². The van der Waals surface area contributed by atoms with Gasteiger partial charge in [-0.05, 0) is 60.2 Å². The van der Waals surface area contributed by atoms with Crippen LogP contribution < -0.4 is 10.5 Å². The van der Waals surface area contributed by atoms with Gasteiger partial charge in [-0.1, -0.05) is 23.9 Å². The second-order valence-corrected chi connectivity index (χ2v) is 6.18. The molecule has 1 aliphatic rings. The van der Waals surface area contributed by atoms with E-state index in [0.717, 1.165) is 11.3 Å². The van der Waals surface area contributed by atoms with E-state index in [4.69, 9.17) is 10.5 Å². The predicted molar refractivity (Wildman–Crippen MR) is 83.5 cm³/mol. The van der Waals surface area contributed by atoms with Gasteiger partial charge in [0.1, 0.15) is 5.75 Å². The van der Waals surface area contributed by atoms with Crippen LogP contribution in [0.4, 0.5) is 0 Å². The summed E-state index contributed by atoms with van der Waals surface area (Å²) in [6.07, 6.45) is 3.73. The number of fused-ring (bicyclic) bond motifs is 1. The second-order valence-electron chi connectivity index (χ2n) is 5.06. The van der Waals surface area contributed by atoms with Crippen LogP contribution in [0, 0.1) is 0 Å². The zero-order valence-electron chi connectivity index (χ0n) is 11.7. The Balaban J connectivity index is 1.90. The molecule has 0 aromatic heterocycles. The van der Waals surface area contributed by atoms with Gasteiger partial charge in [-0.3, -0.25) is 0 Å². The molecule has 3 rings (SSSR count). The van der Waals surface area contributed by atoms with Gasteiger partial charge >= 0.3 is 0 Å². The van der Waals surface area contributed by atoms with E-state index in [2.05, 4.69) is 30.3 Å². The molecule has 0 bridgehead atoms. The molecule has 0 heterocycles. The first-order valence-corrected chi connectivity index (χ1v) is 7.78. The van der Waals surface area contributed by atoms with E-state index in [1.807, 2.05) is 6.07 Å². The van der Waals surface area contributed by atoms with Crippen LogP contribution in [0.2, 0.25) is 0 Å². The van der Waals surface area contributed by atoms with Crippen molar-refractivity contribution in [2.45, 2.75) is 35.6 Å². The highest BCUT2D eigenvalue weighted by Gasteiger charge is 2.12. The minimum Gasteiger partial charge on any atom is -0.497 e. The Bertz CT molecular complexity index is 624. The lowest BCUT2D eigenvalue weighted by Crippen LogP contribution is -1.98. The Morgan fingerprint density at radius 2 is 1.95 bits per heavy atom. The predicted octanol–water partition coefficient (Wildman–Crippen LogP) is 3.79. The molecule has 0 fully saturated rings. The molecular formula is C17H19NOS. The van der Waals surface area contributed by atoms with Crippen molar-refractivity contribution in [1.29, 1.82) is 0 Å². The summed E-state index contributed by atoms with van der Waals surface area (Å²) >= 11 is 1.77. The molecule has 20 heavy (non-hydrogen) atoms. The molecule has 0 radical (unpaired) electrons. The van der Waals surface area contributed by atoms with Crippen molar-refractivity contribution < 1.29 is 4.74 Å². The van der Waals surface area contributed by atoms with E-state index in [0.29, 0.717) is 6.54 Å². The number of ether oxygens (including phenoxy) is 1. The number of rotatable bonds is 4. The van der Waals surface area contributed by atoms with Gasteiger partial charge < -0.3 is 10.5 Å². The molecule has 1 aliphatic carbocycles. The van der Waals surface area contributed by atoms with E-state index in [-0.39, 0.29) is 0 Å². The van der Waals surface area contributed by atoms with Crippen molar-refractivity contribution in [3.8, 4) is 5.75 Å². The lowest BCUT2D eigenvalue weighted by atomic mass is 10.1. The van der Waals surface area contributed by atoms with Gasteiger partial charge in [-0.15, -0.1) is 0 Å². The Morgan fingerprint density at radius 3 is 2.75 bits per heavy atom. The molecule has 0 aliphatic heterocycles. The Hall–Kier alpha value is -1.45. The molecule has 2 aromatic rings. The number of hydrogen-bond acceptors (Lipinski definition) is 3. The fourth-order valence-corrected chi connectivity index (χ4v) is 3.71. The third-order valence-corrected chi connectivity index (χ3v) is 4.88. The molecular weight excluding hydrogens is 266 g/mol. The minimum atomic E-state index is 0.553. The molecule has 0 atom stereocenters. The molecule has 0 unspecified atom stereocenters. The second kappa shape index (κ2) is 5.90. The van der Waals surface area contributed by atoms with Gasteiger partial charge in [-0.25, -0.2) is 0 Å². The Labute approximate surface area is 124 Å². The van der Waals surface area contributed by atoms with Crippen molar-refractivity contribution >= 4 is 11.8 Å². The molecule has 104 valence electrons. The first kappa shape index (κ1) is 13.5.